The summed E-state index contributed by atoms with van der Waals surface area (Å²) in [7, 11) is 0. The average molecular weight is 341 g/mol. The number of ether oxygens (including phenoxy) is 2. The molecule has 7 heteroatoms. The van der Waals surface area contributed by atoms with Gasteiger partial charge in [0, 0.05) is 31.6 Å². The first kappa shape index (κ1) is 18.3. The highest BCUT2D eigenvalue weighted by Gasteiger charge is 2.28. The molecule has 0 aliphatic carbocycles. The average Bonchev–Trinajstić information content (AvgIpc) is 3.01. The summed E-state index contributed by atoms with van der Waals surface area (Å²) in [6.07, 6.45) is 3.72. The van der Waals surface area contributed by atoms with Crippen LogP contribution in [0.5, 0.6) is 0 Å². The van der Waals surface area contributed by atoms with Crippen LogP contribution < -0.4 is 10.6 Å². The van der Waals surface area contributed by atoms with Crippen LogP contribution in [0.4, 0.5) is 5.82 Å². The molecule has 0 amide bonds. The SMILES string of the molecule is CCCCOCC1O[C@H](n2ccc(N(CC)CC)nc2=O)CS1. The number of unbranched alkanes of at least 4 members (excludes halogenated alkanes) is 1. The molecule has 6 nitrogen and oxygen atoms in total. The maximum atomic E-state index is 12.3. The second kappa shape index (κ2) is 9.30. The zero-order valence-corrected chi connectivity index (χ0v) is 15.1. The number of hydrogen-bond donors (Lipinski definition) is 0. The molecule has 1 unspecified atom stereocenters. The predicted molar refractivity (Wildman–Crippen MR) is 94.2 cm³/mol. The van der Waals surface area contributed by atoms with Crippen molar-refractivity contribution in [3.8, 4) is 0 Å². The van der Waals surface area contributed by atoms with E-state index in [0.717, 1.165) is 44.1 Å². The number of rotatable bonds is 9. The third-order valence-electron chi connectivity index (χ3n) is 3.84. The number of thioether (sulfide) groups is 1. The van der Waals surface area contributed by atoms with Crippen LogP contribution in [0.15, 0.2) is 17.1 Å². The van der Waals surface area contributed by atoms with Crippen LogP contribution in [-0.2, 0) is 9.47 Å². The Morgan fingerprint density at radius 3 is 2.87 bits per heavy atom. The molecule has 0 saturated carbocycles. The molecule has 2 atom stereocenters. The maximum absolute atomic E-state index is 12.3. The highest BCUT2D eigenvalue weighted by atomic mass is 32.2. The molecule has 1 saturated heterocycles. The van der Waals surface area contributed by atoms with Gasteiger partial charge in [-0.1, -0.05) is 13.3 Å². The van der Waals surface area contributed by atoms with E-state index in [2.05, 4.69) is 30.7 Å². The van der Waals surface area contributed by atoms with E-state index in [1.807, 2.05) is 6.07 Å². The Kier molecular flexibility index (Phi) is 7.39. The van der Waals surface area contributed by atoms with Crippen molar-refractivity contribution in [2.75, 3.05) is 37.0 Å². The molecule has 0 radical (unpaired) electrons. The minimum atomic E-state index is -0.259. The second-order valence-corrected chi connectivity index (χ2v) is 6.62. The molecule has 1 aliphatic rings. The maximum Gasteiger partial charge on any atom is 0.351 e. The van der Waals surface area contributed by atoms with E-state index in [9.17, 15) is 4.79 Å². The highest BCUT2D eigenvalue weighted by molar-refractivity contribution is 8.00. The Labute approximate surface area is 142 Å². The fourth-order valence-electron chi connectivity index (χ4n) is 2.45. The summed E-state index contributed by atoms with van der Waals surface area (Å²) in [4.78, 5) is 18.5. The lowest BCUT2D eigenvalue weighted by Crippen LogP contribution is -2.32. The van der Waals surface area contributed by atoms with Crippen LogP contribution >= 0.6 is 11.8 Å². The van der Waals surface area contributed by atoms with Gasteiger partial charge in [0.2, 0.25) is 0 Å². The van der Waals surface area contributed by atoms with Crippen LogP contribution in [0.3, 0.4) is 0 Å². The standard InChI is InChI=1S/C16H27N3O3S/c1-4-7-10-21-11-15-22-14(12-23-15)19-9-8-13(17-16(19)20)18(5-2)6-3/h8-9,14-15H,4-7,10-12H2,1-3H3/t14-,15?/m0/s1. The summed E-state index contributed by atoms with van der Waals surface area (Å²) in [5.74, 6) is 1.47. The topological polar surface area (TPSA) is 56.6 Å². The van der Waals surface area contributed by atoms with Gasteiger partial charge in [-0.15, -0.1) is 11.8 Å². The third kappa shape index (κ3) is 4.96. The summed E-state index contributed by atoms with van der Waals surface area (Å²) in [5, 5.41) is 0. The van der Waals surface area contributed by atoms with Gasteiger partial charge in [-0.2, -0.15) is 4.98 Å². The fraction of sp³-hybridized carbons (Fsp3) is 0.750. The van der Waals surface area contributed by atoms with Gasteiger partial charge < -0.3 is 14.4 Å². The zero-order valence-electron chi connectivity index (χ0n) is 14.2. The first-order chi connectivity index (χ1) is 11.2. The third-order valence-corrected chi connectivity index (χ3v) is 4.94. The Hall–Kier alpha value is -1.05. The van der Waals surface area contributed by atoms with Gasteiger partial charge in [-0.25, -0.2) is 4.79 Å². The summed E-state index contributed by atoms with van der Waals surface area (Å²) in [5.41, 5.74) is -0.265. The summed E-state index contributed by atoms with van der Waals surface area (Å²) >= 11 is 1.69. The van der Waals surface area contributed by atoms with Crippen molar-refractivity contribution in [2.24, 2.45) is 0 Å². The molecule has 0 aromatic carbocycles. The zero-order chi connectivity index (χ0) is 16.7. The van der Waals surface area contributed by atoms with Crippen LogP contribution in [0.2, 0.25) is 0 Å². The van der Waals surface area contributed by atoms with Gasteiger partial charge in [0.1, 0.15) is 17.5 Å². The van der Waals surface area contributed by atoms with Crippen LogP contribution in [0, 0.1) is 0 Å². The molecule has 2 heterocycles. The largest absolute Gasteiger partial charge is 0.378 e. The molecule has 1 aromatic rings. The van der Waals surface area contributed by atoms with Crippen molar-refractivity contribution in [2.45, 2.75) is 45.3 Å². The monoisotopic (exact) mass is 341 g/mol. The molecule has 2 rings (SSSR count). The first-order valence-electron chi connectivity index (χ1n) is 8.38. The second-order valence-electron chi connectivity index (χ2n) is 5.43. The quantitative estimate of drug-likeness (QED) is 0.643. The van der Waals surface area contributed by atoms with Crippen molar-refractivity contribution in [1.82, 2.24) is 9.55 Å². The van der Waals surface area contributed by atoms with E-state index < -0.39 is 0 Å². The molecule has 1 aliphatic heterocycles. The Bertz CT molecular complexity index is 534. The number of nitrogens with zero attached hydrogens (tertiary/aromatic N) is 3. The van der Waals surface area contributed by atoms with Crippen molar-refractivity contribution in [3.63, 3.8) is 0 Å². The normalized spacial score (nSPS) is 20.8. The van der Waals surface area contributed by atoms with E-state index in [4.69, 9.17) is 9.47 Å². The van der Waals surface area contributed by atoms with E-state index in [-0.39, 0.29) is 17.4 Å². The summed E-state index contributed by atoms with van der Waals surface area (Å²) in [6.45, 7) is 9.25. The molecular formula is C16H27N3O3S. The molecule has 1 fully saturated rings. The Balaban J connectivity index is 1.94. The fourth-order valence-corrected chi connectivity index (χ4v) is 3.47. The molecule has 0 spiro atoms. The lowest BCUT2D eigenvalue weighted by Gasteiger charge is -2.20. The van der Waals surface area contributed by atoms with Crippen LogP contribution in [-0.4, -0.2) is 47.0 Å². The minimum absolute atomic E-state index is 0.00813. The van der Waals surface area contributed by atoms with Crippen LogP contribution in [0.25, 0.3) is 0 Å². The van der Waals surface area contributed by atoms with Gasteiger partial charge >= 0.3 is 5.69 Å². The van der Waals surface area contributed by atoms with E-state index in [0.29, 0.717) is 6.61 Å². The van der Waals surface area contributed by atoms with Gasteiger partial charge in [-0.3, -0.25) is 4.57 Å². The van der Waals surface area contributed by atoms with Gasteiger partial charge in [-0.05, 0) is 26.3 Å². The summed E-state index contributed by atoms with van der Waals surface area (Å²) < 4.78 is 13.1. The lowest BCUT2D eigenvalue weighted by molar-refractivity contribution is -0.0250. The number of hydrogen-bond acceptors (Lipinski definition) is 6. The van der Waals surface area contributed by atoms with Crippen molar-refractivity contribution >= 4 is 17.6 Å². The first-order valence-corrected chi connectivity index (χ1v) is 9.43. The lowest BCUT2D eigenvalue weighted by atomic mass is 10.4. The van der Waals surface area contributed by atoms with Gasteiger partial charge in [0.25, 0.3) is 0 Å². The van der Waals surface area contributed by atoms with Gasteiger partial charge in [0.05, 0.1) is 6.61 Å². The Morgan fingerprint density at radius 1 is 1.43 bits per heavy atom. The van der Waals surface area contributed by atoms with Crippen molar-refractivity contribution in [3.05, 3.63) is 22.7 Å². The van der Waals surface area contributed by atoms with Crippen molar-refractivity contribution < 1.29 is 9.47 Å². The Morgan fingerprint density at radius 2 is 2.22 bits per heavy atom. The molecule has 0 N–H and O–H groups in total. The number of anilines is 1. The number of aromatic nitrogens is 2. The predicted octanol–water partition coefficient (Wildman–Crippen LogP) is 2.49. The van der Waals surface area contributed by atoms with Crippen molar-refractivity contribution in [1.29, 1.82) is 0 Å². The molecular weight excluding hydrogens is 314 g/mol. The summed E-state index contributed by atoms with van der Waals surface area (Å²) in [6, 6.07) is 1.88. The van der Waals surface area contributed by atoms with Crippen LogP contribution in [0.1, 0.15) is 39.8 Å². The van der Waals surface area contributed by atoms with E-state index >= 15 is 0 Å². The van der Waals surface area contributed by atoms with E-state index in [1.54, 1.807) is 22.5 Å². The van der Waals surface area contributed by atoms with Gasteiger partial charge in [0.15, 0.2) is 0 Å². The van der Waals surface area contributed by atoms with E-state index in [1.165, 1.54) is 0 Å². The molecule has 0 bridgehead atoms. The minimum Gasteiger partial charge on any atom is -0.378 e. The smallest absolute Gasteiger partial charge is 0.351 e. The highest BCUT2D eigenvalue weighted by Crippen LogP contribution is 2.31. The molecule has 23 heavy (non-hydrogen) atoms. The molecule has 130 valence electrons. The molecule has 1 aromatic heterocycles.